The summed E-state index contributed by atoms with van der Waals surface area (Å²) < 4.78 is 0.789. The first kappa shape index (κ1) is 22.4. The molecule has 1 aliphatic rings. The Kier molecular flexibility index (Phi) is 7.74. The van der Waals surface area contributed by atoms with Crippen LogP contribution in [0.4, 0.5) is 0 Å². The minimum atomic E-state index is -0.452. The third-order valence-electron chi connectivity index (χ3n) is 4.87. The van der Waals surface area contributed by atoms with Crippen LogP contribution in [0.3, 0.4) is 0 Å². The highest BCUT2D eigenvalue weighted by atomic mass is 79.9. The Hall–Kier alpha value is -3.24. The molecular formula is C24H23BrN4O2. The smallest absolute Gasteiger partial charge is 0.264 e. The first-order chi connectivity index (χ1) is 15.0. The number of carbonyl (C=O) groups excluding carboxylic acids is 2. The molecular weight excluding hydrogens is 456 g/mol. The fourth-order valence-electron chi connectivity index (χ4n) is 3.28. The Morgan fingerprint density at radius 2 is 1.84 bits per heavy atom. The van der Waals surface area contributed by atoms with Crippen molar-refractivity contribution in [3.05, 3.63) is 75.3 Å². The summed E-state index contributed by atoms with van der Waals surface area (Å²) in [4.78, 5) is 29.8. The number of fused-ring (bicyclic) bond motifs is 1. The Bertz CT molecular complexity index is 1100. The molecule has 1 heterocycles. The van der Waals surface area contributed by atoms with Gasteiger partial charge in [-0.05, 0) is 24.6 Å². The second-order valence-corrected chi connectivity index (χ2v) is 8.04. The lowest BCUT2D eigenvalue weighted by Gasteiger charge is -2.06. The highest BCUT2D eigenvalue weighted by molar-refractivity contribution is 9.10. The summed E-state index contributed by atoms with van der Waals surface area (Å²) in [6, 6.07) is 16.2. The van der Waals surface area contributed by atoms with E-state index in [1.165, 1.54) is 0 Å². The predicted octanol–water partition coefficient (Wildman–Crippen LogP) is 4.57. The van der Waals surface area contributed by atoms with Crippen LogP contribution in [0, 0.1) is 11.3 Å². The van der Waals surface area contributed by atoms with Crippen LogP contribution >= 0.6 is 15.9 Å². The van der Waals surface area contributed by atoms with E-state index in [0.717, 1.165) is 30.2 Å². The number of carbonyl (C=O) groups is 2. The maximum Gasteiger partial charge on any atom is 0.264 e. The zero-order valence-electron chi connectivity index (χ0n) is 17.2. The van der Waals surface area contributed by atoms with Gasteiger partial charge in [0.15, 0.2) is 0 Å². The van der Waals surface area contributed by atoms with Crippen LogP contribution in [0.15, 0.2) is 63.6 Å². The number of rotatable bonds is 7. The molecule has 31 heavy (non-hydrogen) atoms. The number of nitriles is 1. The molecule has 2 amide bonds. The molecule has 2 aromatic carbocycles. The minimum Gasteiger partial charge on any atom is -0.351 e. The summed E-state index contributed by atoms with van der Waals surface area (Å²) in [7, 11) is 0. The Morgan fingerprint density at radius 1 is 1.06 bits per heavy atom. The number of nitrogens with zero attached hydrogens (tertiary/aromatic N) is 2. The maximum absolute atomic E-state index is 12.7. The fourth-order valence-corrected chi connectivity index (χ4v) is 3.68. The average Bonchev–Trinajstić information content (AvgIpc) is 3.12. The van der Waals surface area contributed by atoms with Gasteiger partial charge >= 0.3 is 0 Å². The largest absolute Gasteiger partial charge is 0.351 e. The molecule has 0 radical (unpaired) electrons. The quantitative estimate of drug-likeness (QED) is 0.346. The molecule has 0 bridgehead atoms. The molecule has 0 fully saturated rings. The second kappa shape index (κ2) is 10.7. The molecule has 0 spiro atoms. The van der Waals surface area contributed by atoms with E-state index in [1.807, 2.05) is 24.3 Å². The van der Waals surface area contributed by atoms with Gasteiger partial charge in [-0.15, -0.1) is 0 Å². The third-order valence-corrected chi connectivity index (χ3v) is 5.36. The third kappa shape index (κ3) is 5.47. The average molecular weight is 479 g/mol. The number of hydrogen-bond acceptors (Lipinski definition) is 4. The Morgan fingerprint density at radius 3 is 2.55 bits per heavy atom. The van der Waals surface area contributed by atoms with E-state index in [-0.39, 0.29) is 17.2 Å². The van der Waals surface area contributed by atoms with E-state index in [0.29, 0.717) is 29.1 Å². The summed E-state index contributed by atoms with van der Waals surface area (Å²) in [5, 5.41) is 15.3. The van der Waals surface area contributed by atoms with Crippen LogP contribution < -0.4 is 10.6 Å². The lowest BCUT2D eigenvalue weighted by atomic mass is 10.0. The van der Waals surface area contributed by atoms with Gasteiger partial charge < -0.3 is 10.6 Å². The van der Waals surface area contributed by atoms with Crippen LogP contribution in [0.25, 0.3) is 5.70 Å². The zero-order valence-corrected chi connectivity index (χ0v) is 18.8. The lowest BCUT2D eigenvalue weighted by Crippen LogP contribution is -2.30. The SMILES string of the molecule is CCCCCCNC(=O)C(C#N)=C1N=C(NC(=O)c2cccc(Br)c2)c2ccccc21. The Balaban J connectivity index is 1.86. The number of halogens is 1. The fraction of sp³-hybridized carbons (Fsp3) is 0.250. The van der Waals surface area contributed by atoms with Crippen molar-refractivity contribution in [3.8, 4) is 6.07 Å². The normalized spacial score (nSPS) is 13.6. The van der Waals surface area contributed by atoms with E-state index in [9.17, 15) is 14.9 Å². The summed E-state index contributed by atoms with van der Waals surface area (Å²) >= 11 is 3.36. The van der Waals surface area contributed by atoms with Crippen molar-refractivity contribution >= 4 is 39.3 Å². The van der Waals surface area contributed by atoms with Crippen LogP contribution in [-0.4, -0.2) is 24.2 Å². The summed E-state index contributed by atoms with van der Waals surface area (Å²) in [6.07, 6.45) is 4.12. The van der Waals surface area contributed by atoms with Crippen molar-refractivity contribution in [2.45, 2.75) is 32.6 Å². The summed E-state index contributed by atoms with van der Waals surface area (Å²) in [5.74, 6) is -0.457. The topological polar surface area (TPSA) is 94.3 Å². The molecule has 2 N–H and O–H groups in total. The zero-order chi connectivity index (χ0) is 22.2. The summed E-state index contributed by atoms with van der Waals surface area (Å²) in [6.45, 7) is 2.63. The maximum atomic E-state index is 12.7. The first-order valence-electron chi connectivity index (χ1n) is 10.2. The molecule has 158 valence electrons. The number of aliphatic imine (C=N–C) groups is 1. The molecule has 0 saturated heterocycles. The van der Waals surface area contributed by atoms with Crippen LogP contribution in [0.2, 0.25) is 0 Å². The molecule has 0 aromatic heterocycles. The summed E-state index contributed by atoms with van der Waals surface area (Å²) in [5.41, 5.74) is 2.00. The molecule has 0 saturated carbocycles. The van der Waals surface area contributed by atoms with E-state index in [4.69, 9.17) is 0 Å². The van der Waals surface area contributed by atoms with Crippen molar-refractivity contribution in [2.75, 3.05) is 6.54 Å². The highest BCUT2D eigenvalue weighted by Gasteiger charge is 2.27. The molecule has 7 heteroatoms. The van der Waals surface area contributed by atoms with Crippen LogP contribution in [0.1, 0.15) is 54.1 Å². The van der Waals surface area contributed by atoms with Crippen molar-refractivity contribution in [1.82, 2.24) is 10.6 Å². The number of hydrogen-bond donors (Lipinski definition) is 2. The highest BCUT2D eigenvalue weighted by Crippen LogP contribution is 2.30. The van der Waals surface area contributed by atoms with Crippen molar-refractivity contribution < 1.29 is 9.59 Å². The van der Waals surface area contributed by atoms with Gasteiger partial charge in [-0.2, -0.15) is 5.26 Å². The van der Waals surface area contributed by atoms with Crippen LogP contribution in [0.5, 0.6) is 0 Å². The molecule has 3 rings (SSSR count). The molecule has 0 unspecified atom stereocenters. The van der Waals surface area contributed by atoms with Gasteiger partial charge in [-0.3, -0.25) is 9.59 Å². The van der Waals surface area contributed by atoms with Gasteiger partial charge in [0.1, 0.15) is 17.5 Å². The Labute approximate surface area is 190 Å². The second-order valence-electron chi connectivity index (χ2n) is 7.12. The van der Waals surface area contributed by atoms with Gasteiger partial charge in [0, 0.05) is 27.7 Å². The van der Waals surface area contributed by atoms with Gasteiger partial charge in [-0.1, -0.05) is 72.4 Å². The number of unbranched alkanes of at least 4 members (excludes halogenated alkanes) is 3. The standard InChI is InChI=1S/C24H23BrN4O2/c1-2-3-4-7-13-27-24(31)20(15-26)21-18-11-5-6-12-19(18)22(28-21)29-23(30)16-9-8-10-17(25)14-16/h5-6,8-12,14H,2-4,7,13H2,1H3,(H,27,31)(H,28,29,30). The first-order valence-corrected chi connectivity index (χ1v) is 11.0. The van der Waals surface area contributed by atoms with Crippen molar-refractivity contribution in [1.29, 1.82) is 5.26 Å². The van der Waals surface area contributed by atoms with Gasteiger partial charge in [0.2, 0.25) is 0 Å². The number of benzene rings is 2. The number of amidine groups is 1. The van der Waals surface area contributed by atoms with Crippen molar-refractivity contribution in [2.24, 2.45) is 4.99 Å². The van der Waals surface area contributed by atoms with Gasteiger partial charge in [0.25, 0.3) is 11.8 Å². The minimum absolute atomic E-state index is 0.0605. The van der Waals surface area contributed by atoms with Crippen LogP contribution in [-0.2, 0) is 4.79 Å². The van der Waals surface area contributed by atoms with E-state index in [1.54, 1.807) is 30.3 Å². The molecule has 2 aromatic rings. The van der Waals surface area contributed by atoms with E-state index >= 15 is 0 Å². The van der Waals surface area contributed by atoms with Crippen molar-refractivity contribution in [3.63, 3.8) is 0 Å². The monoisotopic (exact) mass is 478 g/mol. The lowest BCUT2D eigenvalue weighted by molar-refractivity contribution is -0.117. The molecule has 0 aliphatic carbocycles. The molecule has 6 nitrogen and oxygen atoms in total. The van der Waals surface area contributed by atoms with E-state index < -0.39 is 5.91 Å². The number of amides is 2. The molecule has 1 aliphatic heterocycles. The molecule has 0 atom stereocenters. The predicted molar refractivity (Wildman–Crippen MR) is 124 cm³/mol. The van der Waals surface area contributed by atoms with Gasteiger partial charge in [0.05, 0.1) is 5.70 Å². The van der Waals surface area contributed by atoms with E-state index in [2.05, 4.69) is 38.5 Å². The number of nitrogens with one attached hydrogen (secondary N) is 2. The van der Waals surface area contributed by atoms with Gasteiger partial charge in [-0.25, -0.2) is 4.99 Å².